The topological polar surface area (TPSA) is 67.4 Å². The summed E-state index contributed by atoms with van der Waals surface area (Å²) in [6.45, 7) is 0.628. The van der Waals surface area contributed by atoms with Crippen LogP contribution in [0.4, 0.5) is 5.69 Å². The smallest absolute Gasteiger partial charge is 0.253 e. The summed E-state index contributed by atoms with van der Waals surface area (Å²) in [6, 6.07) is 15.4. The van der Waals surface area contributed by atoms with E-state index >= 15 is 0 Å². The summed E-state index contributed by atoms with van der Waals surface area (Å²) in [5, 5.41) is 6.01. The van der Waals surface area contributed by atoms with Gasteiger partial charge in [0.15, 0.2) is 0 Å². The minimum absolute atomic E-state index is 0.0348. The van der Waals surface area contributed by atoms with Crippen molar-refractivity contribution in [1.82, 2.24) is 5.32 Å². The molecule has 0 aromatic heterocycles. The monoisotopic (exact) mass is 364 g/mol. The van der Waals surface area contributed by atoms with Gasteiger partial charge in [-0.05, 0) is 61.4 Å². The SMILES string of the molecule is O=C(N[C@H]1CCCc2ccccc21)c1cccc(NC(=O)[C@H]2CCCO2)c1. The van der Waals surface area contributed by atoms with E-state index in [2.05, 4.69) is 22.8 Å². The number of rotatable bonds is 4. The van der Waals surface area contributed by atoms with Crippen molar-refractivity contribution in [2.75, 3.05) is 11.9 Å². The van der Waals surface area contributed by atoms with Gasteiger partial charge in [0.1, 0.15) is 6.10 Å². The molecule has 1 aliphatic carbocycles. The third-order valence-electron chi connectivity index (χ3n) is 5.29. The first-order valence-corrected chi connectivity index (χ1v) is 9.62. The van der Waals surface area contributed by atoms with E-state index in [-0.39, 0.29) is 24.0 Å². The van der Waals surface area contributed by atoms with Crippen molar-refractivity contribution in [3.63, 3.8) is 0 Å². The Balaban J connectivity index is 1.44. The maximum absolute atomic E-state index is 12.8. The molecule has 27 heavy (non-hydrogen) atoms. The summed E-state index contributed by atoms with van der Waals surface area (Å²) in [6.07, 6.45) is 4.34. The van der Waals surface area contributed by atoms with Crippen LogP contribution in [0.1, 0.15) is 53.2 Å². The molecule has 5 nitrogen and oxygen atoms in total. The predicted molar refractivity (Wildman–Crippen MR) is 104 cm³/mol. The summed E-state index contributed by atoms with van der Waals surface area (Å²) in [4.78, 5) is 25.0. The summed E-state index contributed by atoms with van der Waals surface area (Å²) in [5.41, 5.74) is 3.68. The Morgan fingerprint density at radius 1 is 1.00 bits per heavy atom. The van der Waals surface area contributed by atoms with Gasteiger partial charge < -0.3 is 15.4 Å². The zero-order valence-corrected chi connectivity index (χ0v) is 15.2. The van der Waals surface area contributed by atoms with Crippen molar-refractivity contribution >= 4 is 17.5 Å². The maximum atomic E-state index is 12.8. The number of hydrogen-bond donors (Lipinski definition) is 2. The van der Waals surface area contributed by atoms with E-state index < -0.39 is 0 Å². The van der Waals surface area contributed by atoms with Crippen LogP contribution in [0.25, 0.3) is 0 Å². The molecule has 1 aliphatic heterocycles. The number of hydrogen-bond acceptors (Lipinski definition) is 3. The molecule has 0 spiro atoms. The minimum Gasteiger partial charge on any atom is -0.368 e. The molecular formula is C22H24N2O3. The molecule has 1 fully saturated rings. The molecule has 1 saturated heterocycles. The highest BCUT2D eigenvalue weighted by Crippen LogP contribution is 2.29. The molecule has 0 bridgehead atoms. The predicted octanol–water partition coefficient (Wildman–Crippen LogP) is 3.61. The molecule has 0 unspecified atom stereocenters. The molecule has 5 heteroatoms. The van der Waals surface area contributed by atoms with Gasteiger partial charge in [-0.1, -0.05) is 30.3 Å². The van der Waals surface area contributed by atoms with Crippen molar-refractivity contribution in [3.8, 4) is 0 Å². The number of benzene rings is 2. The Labute approximate surface area is 159 Å². The van der Waals surface area contributed by atoms with Gasteiger partial charge in [-0.25, -0.2) is 0 Å². The largest absolute Gasteiger partial charge is 0.368 e. The summed E-state index contributed by atoms with van der Waals surface area (Å²) < 4.78 is 5.41. The molecule has 2 atom stereocenters. The highest BCUT2D eigenvalue weighted by molar-refractivity contribution is 5.98. The third kappa shape index (κ3) is 4.03. The number of nitrogens with one attached hydrogen (secondary N) is 2. The average Bonchev–Trinajstić information content (AvgIpc) is 3.23. The maximum Gasteiger partial charge on any atom is 0.253 e. The molecule has 0 saturated carbocycles. The Kier molecular flexibility index (Phi) is 5.21. The van der Waals surface area contributed by atoms with Crippen LogP contribution in [0.3, 0.4) is 0 Å². The highest BCUT2D eigenvalue weighted by Gasteiger charge is 2.24. The number of ether oxygens (including phenoxy) is 1. The fourth-order valence-corrected chi connectivity index (χ4v) is 3.89. The minimum atomic E-state index is -0.388. The summed E-state index contributed by atoms with van der Waals surface area (Å²) in [7, 11) is 0. The highest BCUT2D eigenvalue weighted by atomic mass is 16.5. The molecule has 2 aromatic rings. The number of carbonyl (C=O) groups excluding carboxylic acids is 2. The van der Waals surface area contributed by atoms with Crippen molar-refractivity contribution in [2.45, 2.75) is 44.2 Å². The van der Waals surface area contributed by atoms with Crippen molar-refractivity contribution in [2.24, 2.45) is 0 Å². The molecule has 1 heterocycles. The molecule has 2 N–H and O–H groups in total. The van der Waals surface area contributed by atoms with Gasteiger partial charge in [0.05, 0.1) is 6.04 Å². The second-order valence-electron chi connectivity index (χ2n) is 7.19. The third-order valence-corrected chi connectivity index (χ3v) is 5.29. The standard InChI is InChI=1S/C22H24N2O3/c25-21(24-19-11-4-7-15-6-1-2-10-18(15)19)16-8-3-9-17(14-16)23-22(26)20-12-5-13-27-20/h1-3,6,8-10,14,19-20H,4-5,7,11-13H2,(H,23,26)(H,24,25)/t19-,20+/m0/s1. The normalized spacial score (nSPS) is 21.3. The van der Waals surface area contributed by atoms with E-state index in [1.54, 1.807) is 24.3 Å². The first kappa shape index (κ1) is 17.7. The lowest BCUT2D eigenvalue weighted by molar-refractivity contribution is -0.124. The van der Waals surface area contributed by atoms with Crippen LogP contribution in [0.2, 0.25) is 0 Å². The Bertz CT molecular complexity index is 843. The van der Waals surface area contributed by atoms with E-state index in [0.717, 1.165) is 32.1 Å². The summed E-state index contributed by atoms with van der Waals surface area (Å²) in [5.74, 6) is -0.267. The van der Waals surface area contributed by atoms with Crippen LogP contribution in [0.5, 0.6) is 0 Å². The van der Waals surface area contributed by atoms with Gasteiger partial charge in [0.2, 0.25) is 0 Å². The van der Waals surface area contributed by atoms with Crippen LogP contribution in [-0.2, 0) is 16.0 Å². The number of fused-ring (bicyclic) bond motifs is 1. The second-order valence-corrected chi connectivity index (χ2v) is 7.19. The van der Waals surface area contributed by atoms with Gasteiger partial charge in [0.25, 0.3) is 11.8 Å². The van der Waals surface area contributed by atoms with Crippen LogP contribution in [-0.4, -0.2) is 24.5 Å². The average molecular weight is 364 g/mol. The fraction of sp³-hybridized carbons (Fsp3) is 0.364. The van der Waals surface area contributed by atoms with E-state index in [1.807, 2.05) is 12.1 Å². The lowest BCUT2D eigenvalue weighted by atomic mass is 9.87. The fourth-order valence-electron chi connectivity index (χ4n) is 3.89. The summed E-state index contributed by atoms with van der Waals surface area (Å²) >= 11 is 0. The van der Waals surface area contributed by atoms with E-state index in [9.17, 15) is 9.59 Å². The van der Waals surface area contributed by atoms with Crippen molar-refractivity contribution < 1.29 is 14.3 Å². The van der Waals surface area contributed by atoms with E-state index in [1.165, 1.54) is 11.1 Å². The van der Waals surface area contributed by atoms with Crippen LogP contribution >= 0.6 is 0 Å². The van der Waals surface area contributed by atoms with E-state index in [0.29, 0.717) is 17.9 Å². The van der Waals surface area contributed by atoms with E-state index in [4.69, 9.17) is 4.74 Å². The van der Waals surface area contributed by atoms with Crippen molar-refractivity contribution in [1.29, 1.82) is 0 Å². The molecule has 140 valence electrons. The van der Waals surface area contributed by atoms with Crippen LogP contribution < -0.4 is 10.6 Å². The molecule has 0 radical (unpaired) electrons. The lowest BCUT2D eigenvalue weighted by Crippen LogP contribution is -2.31. The zero-order chi connectivity index (χ0) is 18.6. The van der Waals surface area contributed by atoms with Gasteiger partial charge in [-0.3, -0.25) is 9.59 Å². The Morgan fingerprint density at radius 3 is 2.74 bits per heavy atom. The zero-order valence-electron chi connectivity index (χ0n) is 15.2. The van der Waals surface area contributed by atoms with Crippen molar-refractivity contribution in [3.05, 3.63) is 65.2 Å². The first-order valence-electron chi connectivity index (χ1n) is 9.62. The number of aryl methyl sites for hydroxylation is 1. The molecule has 2 amide bonds. The van der Waals surface area contributed by atoms with Crippen LogP contribution in [0.15, 0.2) is 48.5 Å². The second kappa shape index (κ2) is 7.92. The number of anilines is 1. The van der Waals surface area contributed by atoms with Crippen LogP contribution in [0, 0.1) is 0 Å². The number of amides is 2. The molecule has 2 aromatic carbocycles. The van der Waals surface area contributed by atoms with Gasteiger partial charge in [0, 0.05) is 17.9 Å². The molecule has 4 rings (SSSR count). The Morgan fingerprint density at radius 2 is 1.89 bits per heavy atom. The van der Waals surface area contributed by atoms with Gasteiger partial charge in [-0.2, -0.15) is 0 Å². The quantitative estimate of drug-likeness (QED) is 0.871. The van der Waals surface area contributed by atoms with Gasteiger partial charge >= 0.3 is 0 Å². The lowest BCUT2D eigenvalue weighted by Gasteiger charge is -2.26. The Hall–Kier alpha value is -2.66. The first-order chi connectivity index (χ1) is 13.2. The van der Waals surface area contributed by atoms with Gasteiger partial charge in [-0.15, -0.1) is 0 Å². The number of carbonyl (C=O) groups is 2. The molecule has 2 aliphatic rings. The molecular weight excluding hydrogens is 340 g/mol.